The van der Waals surface area contributed by atoms with Crippen molar-refractivity contribution in [3.8, 4) is 0 Å². The highest BCUT2D eigenvalue weighted by Crippen LogP contribution is 2.25. The van der Waals surface area contributed by atoms with Crippen molar-refractivity contribution in [3.05, 3.63) is 41.4 Å². The third-order valence-corrected chi connectivity index (χ3v) is 8.32. The van der Waals surface area contributed by atoms with Crippen molar-refractivity contribution in [2.45, 2.75) is 42.3 Å². The topological polar surface area (TPSA) is 98.8 Å². The largest absolute Gasteiger partial charge is 0.335 e. The summed E-state index contributed by atoms with van der Waals surface area (Å²) in [4.78, 5) is 29.2. The number of likely N-dealkylation sites (tertiary alicyclic amines) is 2. The van der Waals surface area contributed by atoms with Crippen LogP contribution in [0.3, 0.4) is 0 Å². The summed E-state index contributed by atoms with van der Waals surface area (Å²) < 4.78 is 28.5. The second-order valence-electron chi connectivity index (χ2n) is 8.77. The van der Waals surface area contributed by atoms with Gasteiger partial charge in [0.2, 0.25) is 21.8 Å². The number of amides is 2. The molecule has 8 nitrogen and oxygen atoms in total. The van der Waals surface area contributed by atoms with Crippen LogP contribution in [0.4, 0.5) is 0 Å². The van der Waals surface area contributed by atoms with Gasteiger partial charge in [-0.25, -0.2) is 8.42 Å². The number of nitrogens with zero attached hydrogens (tertiary/aromatic N) is 2. The SMILES string of the molecule is O=C1C(NS(=O)(=O)c2ccc3cc(Cl)ccc3c2)CCCN1CC(=O)N1CC2CC1CN2. The minimum Gasteiger partial charge on any atom is -0.335 e. The maximum absolute atomic E-state index is 13.0. The molecular formula is C22H25ClN4O4S. The van der Waals surface area contributed by atoms with E-state index in [1.54, 1.807) is 30.3 Å². The van der Waals surface area contributed by atoms with Gasteiger partial charge in [0, 0.05) is 36.7 Å². The van der Waals surface area contributed by atoms with Crippen LogP contribution >= 0.6 is 11.6 Å². The molecule has 3 heterocycles. The van der Waals surface area contributed by atoms with E-state index in [4.69, 9.17) is 11.6 Å². The molecule has 2 aromatic carbocycles. The molecule has 0 aromatic heterocycles. The van der Waals surface area contributed by atoms with Crippen molar-refractivity contribution < 1.29 is 18.0 Å². The molecule has 3 aliphatic rings. The molecule has 0 spiro atoms. The average molecular weight is 477 g/mol. The van der Waals surface area contributed by atoms with Crippen LogP contribution in [0.15, 0.2) is 41.3 Å². The number of piperidine rings is 1. The van der Waals surface area contributed by atoms with Crippen LogP contribution in [0.2, 0.25) is 5.02 Å². The molecule has 3 atom stereocenters. The predicted molar refractivity (Wildman–Crippen MR) is 121 cm³/mol. The molecule has 170 valence electrons. The number of rotatable bonds is 5. The number of halogens is 1. The fraction of sp³-hybridized carbons (Fsp3) is 0.455. The van der Waals surface area contributed by atoms with Crippen LogP contribution in [0.5, 0.6) is 0 Å². The van der Waals surface area contributed by atoms with Gasteiger partial charge in [-0.1, -0.05) is 23.7 Å². The van der Waals surface area contributed by atoms with Crippen LogP contribution in [0, 0.1) is 0 Å². The first-order chi connectivity index (χ1) is 15.3. The van der Waals surface area contributed by atoms with Crippen molar-refractivity contribution in [3.63, 3.8) is 0 Å². The number of benzene rings is 2. The Hall–Kier alpha value is -2.20. The summed E-state index contributed by atoms with van der Waals surface area (Å²) in [7, 11) is -3.90. The van der Waals surface area contributed by atoms with Crippen molar-refractivity contribution in [1.29, 1.82) is 0 Å². The standard InChI is InChI=1S/C22H25ClN4O4S/c23-16-5-3-15-9-19(6-4-14(15)8-16)32(30,31)25-20-2-1-7-26(22(20)29)13-21(28)27-12-17-10-18(27)11-24-17/h3-6,8-9,17-18,20,24-25H,1-2,7,10-13H2. The van der Waals surface area contributed by atoms with Crippen LogP contribution in [-0.4, -0.2) is 74.3 Å². The number of fused-ring (bicyclic) bond motifs is 3. The molecule has 3 aliphatic heterocycles. The summed E-state index contributed by atoms with van der Waals surface area (Å²) in [5, 5.41) is 5.51. The Balaban J connectivity index is 1.27. The zero-order valence-electron chi connectivity index (χ0n) is 17.5. The van der Waals surface area contributed by atoms with E-state index in [0.717, 1.165) is 23.7 Å². The summed E-state index contributed by atoms with van der Waals surface area (Å²) in [6.45, 7) is 1.93. The Labute approximate surface area is 191 Å². The van der Waals surface area contributed by atoms with E-state index in [0.29, 0.717) is 37.0 Å². The van der Waals surface area contributed by atoms with E-state index in [1.807, 2.05) is 4.90 Å². The summed E-state index contributed by atoms with van der Waals surface area (Å²) in [6.07, 6.45) is 2.00. The Morgan fingerprint density at radius 1 is 1.19 bits per heavy atom. The van der Waals surface area contributed by atoms with E-state index in [-0.39, 0.29) is 29.3 Å². The second kappa shape index (κ2) is 8.30. The molecule has 10 heteroatoms. The van der Waals surface area contributed by atoms with Gasteiger partial charge in [-0.3, -0.25) is 9.59 Å². The zero-order chi connectivity index (χ0) is 22.5. The number of hydrogen-bond acceptors (Lipinski definition) is 5. The lowest BCUT2D eigenvalue weighted by Crippen LogP contribution is -2.56. The fourth-order valence-electron chi connectivity index (χ4n) is 4.94. The van der Waals surface area contributed by atoms with Crippen molar-refractivity contribution in [2.24, 2.45) is 0 Å². The number of carbonyl (C=O) groups is 2. The molecule has 2 amide bonds. The Morgan fingerprint density at radius 2 is 1.97 bits per heavy atom. The molecule has 3 unspecified atom stereocenters. The average Bonchev–Trinajstić information content (AvgIpc) is 3.40. The smallest absolute Gasteiger partial charge is 0.242 e. The molecule has 2 N–H and O–H groups in total. The molecule has 0 aliphatic carbocycles. The van der Waals surface area contributed by atoms with Crippen LogP contribution in [0.25, 0.3) is 10.8 Å². The van der Waals surface area contributed by atoms with E-state index in [1.165, 1.54) is 11.0 Å². The van der Waals surface area contributed by atoms with E-state index >= 15 is 0 Å². The Morgan fingerprint density at radius 3 is 2.72 bits per heavy atom. The van der Waals surface area contributed by atoms with Gasteiger partial charge in [0.25, 0.3) is 0 Å². The quantitative estimate of drug-likeness (QED) is 0.678. The highest BCUT2D eigenvalue weighted by Gasteiger charge is 2.41. The first-order valence-electron chi connectivity index (χ1n) is 10.8. The van der Waals surface area contributed by atoms with Gasteiger partial charge in [0.05, 0.1) is 11.4 Å². The monoisotopic (exact) mass is 476 g/mol. The molecule has 3 fully saturated rings. The number of sulfonamides is 1. The van der Waals surface area contributed by atoms with Gasteiger partial charge in [-0.15, -0.1) is 0 Å². The first-order valence-corrected chi connectivity index (χ1v) is 12.7. The van der Waals surface area contributed by atoms with Crippen molar-refractivity contribution in [1.82, 2.24) is 19.8 Å². The number of carbonyl (C=O) groups excluding carboxylic acids is 2. The van der Waals surface area contributed by atoms with Crippen molar-refractivity contribution >= 4 is 44.2 Å². The number of hydrogen-bond donors (Lipinski definition) is 2. The lowest BCUT2D eigenvalue weighted by Gasteiger charge is -2.34. The molecule has 0 radical (unpaired) electrons. The predicted octanol–water partition coefficient (Wildman–Crippen LogP) is 1.34. The third-order valence-electron chi connectivity index (χ3n) is 6.62. The Kier molecular flexibility index (Phi) is 5.61. The zero-order valence-corrected chi connectivity index (χ0v) is 19.0. The first kappa shape index (κ1) is 21.6. The maximum Gasteiger partial charge on any atom is 0.242 e. The van der Waals surface area contributed by atoms with Crippen molar-refractivity contribution in [2.75, 3.05) is 26.2 Å². The summed E-state index contributed by atoms with van der Waals surface area (Å²) >= 11 is 6.00. The maximum atomic E-state index is 13.0. The highest BCUT2D eigenvalue weighted by atomic mass is 35.5. The molecule has 2 bridgehead atoms. The summed E-state index contributed by atoms with van der Waals surface area (Å²) in [5.41, 5.74) is 0. The highest BCUT2D eigenvalue weighted by molar-refractivity contribution is 7.89. The lowest BCUT2D eigenvalue weighted by molar-refractivity contribution is -0.143. The number of piperazine rings is 1. The van der Waals surface area contributed by atoms with Crippen LogP contribution in [-0.2, 0) is 19.6 Å². The lowest BCUT2D eigenvalue weighted by atomic mass is 10.1. The van der Waals surface area contributed by atoms with E-state index in [2.05, 4.69) is 10.0 Å². The van der Waals surface area contributed by atoms with Gasteiger partial charge < -0.3 is 15.1 Å². The normalized spacial score (nSPS) is 25.7. The third kappa shape index (κ3) is 4.10. The van der Waals surface area contributed by atoms with Crippen LogP contribution < -0.4 is 10.0 Å². The van der Waals surface area contributed by atoms with E-state index < -0.39 is 16.1 Å². The second-order valence-corrected chi connectivity index (χ2v) is 10.9. The molecule has 5 rings (SSSR count). The molecule has 0 saturated carbocycles. The minimum atomic E-state index is -3.90. The molecule has 32 heavy (non-hydrogen) atoms. The number of nitrogens with one attached hydrogen (secondary N) is 2. The fourth-order valence-corrected chi connectivity index (χ4v) is 6.38. The molecule has 3 saturated heterocycles. The minimum absolute atomic E-state index is 0.00296. The summed E-state index contributed by atoms with van der Waals surface area (Å²) in [5.74, 6) is -0.410. The van der Waals surface area contributed by atoms with Crippen LogP contribution in [0.1, 0.15) is 19.3 Å². The Bertz CT molecular complexity index is 1190. The van der Waals surface area contributed by atoms with E-state index in [9.17, 15) is 18.0 Å². The molecular weight excluding hydrogens is 452 g/mol. The molecule has 2 aromatic rings. The van der Waals surface area contributed by atoms with Gasteiger partial charge in [-0.2, -0.15) is 4.72 Å². The van der Waals surface area contributed by atoms with Gasteiger partial charge in [0.15, 0.2) is 0 Å². The van der Waals surface area contributed by atoms with Gasteiger partial charge in [0.1, 0.15) is 6.04 Å². The summed E-state index contributed by atoms with van der Waals surface area (Å²) in [6, 6.07) is 9.67. The van der Waals surface area contributed by atoms with Gasteiger partial charge >= 0.3 is 0 Å². The van der Waals surface area contributed by atoms with Gasteiger partial charge in [-0.05, 0) is 54.3 Å².